The summed E-state index contributed by atoms with van der Waals surface area (Å²) in [6.07, 6.45) is 0.0795. The van der Waals surface area contributed by atoms with E-state index < -0.39 is 6.10 Å². The molecule has 2 nitrogen and oxygen atoms in total. The van der Waals surface area contributed by atoms with Gasteiger partial charge in [-0.3, -0.25) is 0 Å². The van der Waals surface area contributed by atoms with Crippen LogP contribution in [0.15, 0.2) is 27.1 Å². The van der Waals surface area contributed by atoms with Crippen LogP contribution in [0.25, 0.3) is 0 Å². The van der Waals surface area contributed by atoms with Gasteiger partial charge in [-0.05, 0) is 34.1 Å². The number of thiophene rings is 1. The van der Waals surface area contributed by atoms with E-state index in [1.165, 1.54) is 11.3 Å². The fourth-order valence-electron chi connectivity index (χ4n) is 1.37. The zero-order valence-electron chi connectivity index (χ0n) is 8.54. The SMILES string of the molecule is CCc1ccc(C(O)c2cc(Br)c(Cl)s2)o1. The van der Waals surface area contributed by atoms with Gasteiger partial charge in [0.15, 0.2) is 0 Å². The van der Waals surface area contributed by atoms with Crippen molar-refractivity contribution < 1.29 is 9.52 Å². The monoisotopic (exact) mass is 320 g/mol. The first-order valence-electron chi connectivity index (χ1n) is 4.83. The van der Waals surface area contributed by atoms with Crippen LogP contribution in [0, 0.1) is 0 Å². The standard InChI is InChI=1S/C11H10BrClO2S/c1-2-6-3-4-8(15-6)10(14)9-5-7(12)11(13)16-9/h3-5,10,14H,2H2,1H3. The van der Waals surface area contributed by atoms with Crippen LogP contribution < -0.4 is 0 Å². The predicted molar refractivity (Wildman–Crippen MR) is 69.2 cm³/mol. The average molecular weight is 322 g/mol. The first-order chi connectivity index (χ1) is 7.61. The van der Waals surface area contributed by atoms with Gasteiger partial charge in [0.25, 0.3) is 0 Å². The van der Waals surface area contributed by atoms with Gasteiger partial charge in [-0.2, -0.15) is 0 Å². The van der Waals surface area contributed by atoms with Crippen molar-refractivity contribution in [1.29, 1.82) is 0 Å². The highest BCUT2D eigenvalue weighted by atomic mass is 79.9. The Hall–Kier alpha value is -0.290. The first-order valence-corrected chi connectivity index (χ1v) is 6.82. The molecular formula is C11H10BrClO2S. The van der Waals surface area contributed by atoms with E-state index in [9.17, 15) is 5.11 Å². The molecule has 2 heterocycles. The van der Waals surface area contributed by atoms with Crippen molar-refractivity contribution in [3.8, 4) is 0 Å². The molecule has 0 spiro atoms. The molecule has 1 N–H and O–H groups in total. The van der Waals surface area contributed by atoms with E-state index in [1.54, 1.807) is 6.07 Å². The highest BCUT2D eigenvalue weighted by Crippen LogP contribution is 2.37. The molecule has 0 saturated heterocycles. The summed E-state index contributed by atoms with van der Waals surface area (Å²) in [4.78, 5) is 0.772. The van der Waals surface area contributed by atoms with Crippen LogP contribution in [-0.2, 0) is 6.42 Å². The van der Waals surface area contributed by atoms with E-state index in [1.807, 2.05) is 19.1 Å². The zero-order valence-corrected chi connectivity index (χ0v) is 11.7. The molecule has 5 heteroatoms. The van der Waals surface area contributed by atoms with Crippen molar-refractivity contribution in [2.24, 2.45) is 0 Å². The summed E-state index contributed by atoms with van der Waals surface area (Å²) in [5, 5.41) is 10.1. The second kappa shape index (κ2) is 4.92. The fourth-order valence-corrected chi connectivity index (χ4v) is 3.10. The summed E-state index contributed by atoms with van der Waals surface area (Å²) in [7, 11) is 0. The number of hydrogen-bond acceptors (Lipinski definition) is 3. The highest BCUT2D eigenvalue weighted by Gasteiger charge is 2.18. The molecule has 1 unspecified atom stereocenters. The lowest BCUT2D eigenvalue weighted by atomic mass is 10.2. The fraction of sp³-hybridized carbons (Fsp3) is 0.273. The molecule has 2 rings (SSSR count). The molecule has 0 aliphatic carbocycles. The molecule has 16 heavy (non-hydrogen) atoms. The van der Waals surface area contributed by atoms with Gasteiger partial charge in [-0.25, -0.2) is 0 Å². The summed E-state index contributed by atoms with van der Waals surface area (Å²) in [5.41, 5.74) is 0. The van der Waals surface area contributed by atoms with Gasteiger partial charge in [0, 0.05) is 15.8 Å². The lowest BCUT2D eigenvalue weighted by Crippen LogP contribution is -1.94. The Labute approximate surface area is 111 Å². The smallest absolute Gasteiger partial charge is 0.146 e. The third kappa shape index (κ3) is 2.35. The highest BCUT2D eigenvalue weighted by molar-refractivity contribution is 9.10. The maximum absolute atomic E-state index is 10.1. The maximum Gasteiger partial charge on any atom is 0.146 e. The third-order valence-corrected chi connectivity index (χ3v) is 4.76. The molecule has 0 radical (unpaired) electrons. The van der Waals surface area contributed by atoms with Gasteiger partial charge in [0.05, 0.1) is 0 Å². The van der Waals surface area contributed by atoms with E-state index >= 15 is 0 Å². The van der Waals surface area contributed by atoms with E-state index in [0.29, 0.717) is 10.1 Å². The predicted octanol–water partition coefficient (Wildman–Crippen LogP) is 4.40. The average Bonchev–Trinajstić information content (AvgIpc) is 2.86. The molecule has 0 bridgehead atoms. The molecule has 2 aromatic heterocycles. The van der Waals surface area contributed by atoms with Crippen molar-refractivity contribution in [3.63, 3.8) is 0 Å². The van der Waals surface area contributed by atoms with Crippen molar-refractivity contribution in [2.45, 2.75) is 19.4 Å². The first kappa shape index (κ1) is 12.2. The minimum Gasteiger partial charge on any atom is -0.463 e. The Morgan fingerprint density at radius 1 is 1.56 bits per heavy atom. The number of aliphatic hydroxyl groups is 1. The number of aliphatic hydroxyl groups excluding tert-OH is 1. The van der Waals surface area contributed by atoms with Crippen molar-refractivity contribution >= 4 is 38.9 Å². The van der Waals surface area contributed by atoms with Gasteiger partial charge >= 0.3 is 0 Å². The van der Waals surface area contributed by atoms with Gasteiger partial charge in [0.1, 0.15) is 22.0 Å². The normalized spacial score (nSPS) is 13.0. The Balaban J connectivity index is 2.27. The summed E-state index contributed by atoms with van der Waals surface area (Å²) >= 11 is 10.6. The van der Waals surface area contributed by atoms with Gasteiger partial charge in [0.2, 0.25) is 0 Å². The van der Waals surface area contributed by atoms with Crippen molar-refractivity contribution in [1.82, 2.24) is 0 Å². The number of furan rings is 1. The molecule has 0 saturated carbocycles. The van der Waals surface area contributed by atoms with Crippen LogP contribution in [0.4, 0.5) is 0 Å². The molecule has 0 aliphatic heterocycles. The quantitative estimate of drug-likeness (QED) is 0.909. The third-order valence-electron chi connectivity index (χ3n) is 2.23. The summed E-state index contributed by atoms with van der Waals surface area (Å²) in [5.74, 6) is 1.43. The lowest BCUT2D eigenvalue weighted by molar-refractivity contribution is 0.190. The van der Waals surface area contributed by atoms with Crippen LogP contribution in [0.1, 0.15) is 29.4 Å². The van der Waals surface area contributed by atoms with Crippen LogP contribution in [-0.4, -0.2) is 5.11 Å². The Bertz CT molecular complexity index is 472. The van der Waals surface area contributed by atoms with Gasteiger partial charge in [-0.15, -0.1) is 11.3 Å². The second-order valence-electron chi connectivity index (χ2n) is 3.33. The van der Waals surface area contributed by atoms with Crippen LogP contribution >= 0.6 is 38.9 Å². The summed E-state index contributed by atoms with van der Waals surface area (Å²) in [6, 6.07) is 5.49. The topological polar surface area (TPSA) is 33.4 Å². The molecule has 0 fully saturated rings. The Morgan fingerprint density at radius 3 is 2.81 bits per heavy atom. The maximum atomic E-state index is 10.1. The number of halogens is 2. The Kier molecular flexibility index (Phi) is 3.74. The number of aryl methyl sites for hydroxylation is 1. The van der Waals surface area contributed by atoms with Crippen LogP contribution in [0.2, 0.25) is 4.34 Å². The van der Waals surface area contributed by atoms with Crippen molar-refractivity contribution in [3.05, 3.63) is 43.4 Å². The molecule has 2 aromatic rings. The van der Waals surface area contributed by atoms with Crippen LogP contribution in [0.3, 0.4) is 0 Å². The van der Waals surface area contributed by atoms with Crippen LogP contribution in [0.5, 0.6) is 0 Å². The molecule has 86 valence electrons. The van der Waals surface area contributed by atoms with E-state index in [2.05, 4.69) is 15.9 Å². The van der Waals surface area contributed by atoms with E-state index in [-0.39, 0.29) is 0 Å². The summed E-state index contributed by atoms with van der Waals surface area (Å²) in [6.45, 7) is 2.01. The Morgan fingerprint density at radius 2 is 2.31 bits per heavy atom. The van der Waals surface area contributed by atoms with Crippen molar-refractivity contribution in [2.75, 3.05) is 0 Å². The second-order valence-corrected chi connectivity index (χ2v) is 5.87. The lowest BCUT2D eigenvalue weighted by Gasteiger charge is -2.03. The van der Waals surface area contributed by atoms with Gasteiger partial charge in [-0.1, -0.05) is 18.5 Å². The van der Waals surface area contributed by atoms with E-state index in [0.717, 1.165) is 21.5 Å². The largest absolute Gasteiger partial charge is 0.463 e. The molecular weight excluding hydrogens is 312 g/mol. The number of rotatable bonds is 3. The van der Waals surface area contributed by atoms with Gasteiger partial charge < -0.3 is 9.52 Å². The summed E-state index contributed by atoms with van der Waals surface area (Å²) < 4.78 is 6.93. The minimum absolute atomic E-state index is 0.558. The minimum atomic E-state index is -0.742. The number of hydrogen-bond donors (Lipinski definition) is 1. The molecule has 1 atom stereocenters. The molecule has 0 amide bonds. The zero-order chi connectivity index (χ0) is 11.7. The molecule has 0 aromatic carbocycles. The van der Waals surface area contributed by atoms with E-state index in [4.69, 9.17) is 16.0 Å². The molecule has 0 aliphatic rings.